The van der Waals surface area contributed by atoms with E-state index in [4.69, 9.17) is 9.47 Å². The summed E-state index contributed by atoms with van der Waals surface area (Å²) in [5.74, 6) is -1.99. The van der Waals surface area contributed by atoms with Crippen LogP contribution in [0.1, 0.15) is 277 Å². The van der Waals surface area contributed by atoms with Crippen LogP contribution in [0.5, 0.6) is 0 Å². The van der Waals surface area contributed by atoms with Gasteiger partial charge in [-0.25, -0.2) is 8.42 Å². The number of ether oxygens (including phenoxy) is 2. The number of hydrogen-bond acceptors (Lipinski definition) is 7. The van der Waals surface area contributed by atoms with Crippen LogP contribution in [0.25, 0.3) is 0 Å². The zero-order chi connectivity index (χ0) is 41.1. The maximum Gasteiger partial charge on any atom is 1.00 e. The summed E-state index contributed by atoms with van der Waals surface area (Å²) in [7, 11) is -5.03. The second-order valence-corrected chi connectivity index (χ2v) is 18.6. The summed E-state index contributed by atoms with van der Waals surface area (Å²) < 4.78 is 45.4. The average molecular weight is 821 g/mol. The van der Waals surface area contributed by atoms with Crippen LogP contribution < -0.4 is 18.9 Å². The summed E-state index contributed by atoms with van der Waals surface area (Å²) in [6, 6.07) is 0. The van der Waals surface area contributed by atoms with Gasteiger partial charge in [0.1, 0.15) is 10.1 Å². The normalized spacial score (nSPS) is 12.1. The molecule has 0 aromatic carbocycles. The minimum Gasteiger partial charge on any atom is -0.747 e. The molecule has 0 aliphatic carbocycles. The molecule has 0 amide bonds. The number of hydrogen-bond donors (Lipinski definition) is 0. The smallest absolute Gasteiger partial charge is 0.747 e. The van der Waals surface area contributed by atoms with Gasteiger partial charge in [0, 0.05) is 0 Å². The first-order valence-corrected chi connectivity index (χ1v) is 26.1. The Balaban J connectivity index is 0. The molecule has 0 aliphatic heterocycles. The molecule has 57 heavy (non-hydrogen) atoms. The van der Waals surface area contributed by atoms with Crippen molar-refractivity contribution in [2.24, 2.45) is 0 Å². The molecule has 7 nitrogen and oxygen atoms in total. The topological polar surface area (TPSA) is 110 Å². The largest absolute Gasteiger partial charge is 1.00 e. The summed E-state index contributed by atoms with van der Waals surface area (Å²) in [6.45, 7) is 4.76. The van der Waals surface area contributed by atoms with E-state index in [0.29, 0.717) is 12.8 Å². The molecule has 0 N–H and O–H groups in total. The zero-order valence-electron chi connectivity index (χ0n) is 38.2. The van der Waals surface area contributed by atoms with Crippen molar-refractivity contribution in [3.63, 3.8) is 0 Å². The number of carbonyl (C=O) groups is 2. The van der Waals surface area contributed by atoms with E-state index in [1.807, 2.05) is 0 Å². The molecule has 0 radical (unpaired) electrons. The van der Waals surface area contributed by atoms with Gasteiger partial charge in [0.25, 0.3) is 0 Å². The second kappa shape index (κ2) is 46.5. The maximum absolute atomic E-state index is 12.4. The number of rotatable bonds is 46. The molecule has 0 aliphatic rings. The van der Waals surface area contributed by atoms with E-state index in [-0.39, 0.29) is 32.1 Å². The number of unbranched alkanes of at least 4 members (excludes halogenated alkanes) is 38. The van der Waals surface area contributed by atoms with Gasteiger partial charge in [-0.05, 0) is 12.8 Å². The van der Waals surface area contributed by atoms with Crippen LogP contribution in [0.4, 0.5) is 0 Å². The predicted octanol–water partition coefficient (Wildman–Crippen LogP) is 12.0. The summed E-state index contributed by atoms with van der Waals surface area (Å²) in [4.78, 5) is 24.6. The van der Waals surface area contributed by atoms with Crippen molar-refractivity contribution in [2.45, 2.75) is 282 Å². The maximum atomic E-state index is 12.4. The fraction of sp³-hybridized carbons (Fsp3) is 0.958. The van der Waals surface area contributed by atoms with Gasteiger partial charge in [-0.2, -0.15) is 0 Å². The molecule has 1 atom stereocenters. The van der Waals surface area contributed by atoms with E-state index >= 15 is 0 Å². The van der Waals surface area contributed by atoms with Crippen molar-refractivity contribution >= 4 is 22.1 Å². The molecule has 0 rings (SSSR count). The van der Waals surface area contributed by atoms with E-state index in [9.17, 15) is 22.6 Å². The van der Waals surface area contributed by atoms with Crippen LogP contribution in [0.2, 0.25) is 0 Å². The molecule has 0 bridgehead atoms. The molecule has 9 heteroatoms. The third-order valence-corrected chi connectivity index (χ3v) is 12.5. The molecule has 0 saturated heterocycles. The monoisotopic (exact) mass is 821 g/mol. The minimum absolute atomic E-state index is 0. The molecule has 0 spiro atoms. The van der Waals surface area contributed by atoms with Crippen molar-refractivity contribution < 1.29 is 50.9 Å². The predicted molar refractivity (Wildman–Crippen MR) is 236 cm³/mol. The van der Waals surface area contributed by atoms with Gasteiger partial charge in [-0.3, -0.25) is 9.59 Å². The summed E-state index contributed by atoms with van der Waals surface area (Å²) >= 11 is 0. The van der Waals surface area contributed by atoms with Crippen molar-refractivity contribution in [1.29, 1.82) is 0 Å². The van der Waals surface area contributed by atoms with E-state index < -0.39 is 33.7 Å². The molecular formula is C48H93LiO7S. The first-order chi connectivity index (χ1) is 27.3. The van der Waals surface area contributed by atoms with Crippen LogP contribution in [-0.4, -0.2) is 43.4 Å². The van der Waals surface area contributed by atoms with Crippen molar-refractivity contribution in [3.05, 3.63) is 0 Å². The van der Waals surface area contributed by atoms with E-state index in [0.717, 1.165) is 38.5 Å². The molecular weight excluding hydrogens is 728 g/mol. The van der Waals surface area contributed by atoms with E-state index in [1.54, 1.807) is 0 Å². The molecule has 1 unspecified atom stereocenters. The molecule has 0 aromatic heterocycles. The SMILES string of the molecule is CCCCCCCCCCCCCCCCCCCCCCOC(=O)CC(C(=O)OCCCCCCCCCCCCCCCCCCCCCC)S(=O)(=O)[O-].[Li+]. The minimum atomic E-state index is -5.03. The third kappa shape index (κ3) is 44.8. The molecule has 334 valence electrons. The first kappa shape index (κ1) is 58.5. The van der Waals surface area contributed by atoms with Gasteiger partial charge in [-0.15, -0.1) is 0 Å². The Morgan fingerprint density at radius 1 is 0.386 bits per heavy atom. The Morgan fingerprint density at radius 2 is 0.596 bits per heavy atom. The van der Waals surface area contributed by atoms with Crippen molar-refractivity contribution in [1.82, 2.24) is 0 Å². The molecule has 0 saturated carbocycles. The Labute approximate surface area is 366 Å². The van der Waals surface area contributed by atoms with Gasteiger partial charge < -0.3 is 14.0 Å². The van der Waals surface area contributed by atoms with E-state index in [2.05, 4.69) is 13.8 Å². The number of esters is 2. The fourth-order valence-corrected chi connectivity index (χ4v) is 8.32. The average Bonchev–Trinajstić information content (AvgIpc) is 3.17. The quantitative estimate of drug-likeness (QED) is 0.0260. The van der Waals surface area contributed by atoms with Crippen LogP contribution in [0.3, 0.4) is 0 Å². The fourth-order valence-electron chi connectivity index (χ4n) is 7.68. The van der Waals surface area contributed by atoms with Crippen LogP contribution in [-0.2, 0) is 29.2 Å². The van der Waals surface area contributed by atoms with Gasteiger partial charge in [0.15, 0.2) is 5.25 Å². The van der Waals surface area contributed by atoms with Gasteiger partial charge in [0.2, 0.25) is 0 Å². The van der Waals surface area contributed by atoms with Crippen LogP contribution >= 0.6 is 0 Å². The van der Waals surface area contributed by atoms with Crippen LogP contribution in [0, 0.1) is 0 Å². The Bertz CT molecular complexity index is 945. The molecule has 0 heterocycles. The van der Waals surface area contributed by atoms with E-state index in [1.165, 1.54) is 205 Å². The third-order valence-electron chi connectivity index (χ3n) is 11.5. The molecule has 0 fully saturated rings. The van der Waals surface area contributed by atoms with Crippen LogP contribution in [0.15, 0.2) is 0 Å². The Morgan fingerprint density at radius 3 is 0.825 bits per heavy atom. The number of carbonyl (C=O) groups excluding carboxylic acids is 2. The standard InChI is InChI=1S/C48H94O7S.Li/c1-3-5-7-9-11-13-15-17-19-21-23-25-27-29-31-33-35-37-39-41-43-54-47(49)45-46(56(51,52)53)48(50)55-44-42-40-38-36-34-32-30-28-26-24-22-20-18-16-14-12-10-8-6-4-2;/h46H,3-45H2,1-2H3,(H,51,52,53);/q;+1/p-1. The first-order valence-electron chi connectivity index (χ1n) is 24.6. The van der Waals surface area contributed by atoms with Crippen molar-refractivity contribution in [3.8, 4) is 0 Å². The zero-order valence-corrected chi connectivity index (χ0v) is 39.1. The van der Waals surface area contributed by atoms with Gasteiger partial charge in [0.05, 0.1) is 19.6 Å². The second-order valence-electron chi connectivity index (χ2n) is 17.0. The summed E-state index contributed by atoms with van der Waals surface area (Å²) in [6.07, 6.45) is 50.3. The van der Waals surface area contributed by atoms with Crippen molar-refractivity contribution in [2.75, 3.05) is 13.2 Å². The van der Waals surface area contributed by atoms with Gasteiger partial charge in [-0.1, -0.05) is 258 Å². The molecule has 0 aromatic rings. The summed E-state index contributed by atoms with van der Waals surface area (Å²) in [5.41, 5.74) is 0. The Kier molecular flexibility index (Phi) is 47.8. The van der Waals surface area contributed by atoms with Gasteiger partial charge >= 0.3 is 30.8 Å². The Hall–Kier alpha value is -0.553. The summed E-state index contributed by atoms with van der Waals surface area (Å²) in [5, 5.41) is -2.05.